The van der Waals surface area contributed by atoms with E-state index in [1.54, 1.807) is 24.3 Å². The highest BCUT2D eigenvalue weighted by atomic mass is 32.1. The molecule has 2 aromatic heterocycles. The number of alkyl halides is 3. The molecule has 3 heterocycles. The van der Waals surface area contributed by atoms with Gasteiger partial charge in [0.05, 0.1) is 11.8 Å². The number of carbonyl (C=O) groups excluding carboxylic acids is 1. The number of piperazine rings is 1. The predicted molar refractivity (Wildman–Crippen MR) is 209 cm³/mol. The molecule has 0 bridgehead atoms. The number of rotatable bonds is 14. The quantitative estimate of drug-likeness (QED) is 0.0673. The molecule has 0 atom stereocenters. The van der Waals surface area contributed by atoms with E-state index in [1.165, 1.54) is 12.3 Å². The lowest BCUT2D eigenvalue weighted by Crippen LogP contribution is -2.46. The van der Waals surface area contributed by atoms with E-state index in [2.05, 4.69) is 61.5 Å². The lowest BCUT2D eigenvalue weighted by molar-refractivity contribution is -0.137. The summed E-state index contributed by atoms with van der Waals surface area (Å²) >= 11 is 1.07. The van der Waals surface area contributed by atoms with Crippen LogP contribution in [-0.2, 0) is 6.18 Å². The smallest absolute Gasteiger partial charge is 0.416 e. The zero-order valence-electron chi connectivity index (χ0n) is 31.3. The average Bonchev–Trinajstić information content (AvgIpc) is 3.61. The van der Waals surface area contributed by atoms with Crippen molar-refractivity contribution in [3.8, 4) is 0 Å². The minimum atomic E-state index is -4.54. The Bertz CT molecular complexity index is 1860. The molecule has 54 heavy (non-hydrogen) atoms. The van der Waals surface area contributed by atoms with Crippen molar-refractivity contribution in [2.45, 2.75) is 47.2 Å². The van der Waals surface area contributed by atoms with Crippen LogP contribution in [-0.4, -0.2) is 101 Å². The van der Waals surface area contributed by atoms with Crippen molar-refractivity contribution < 1.29 is 27.9 Å². The van der Waals surface area contributed by atoms with E-state index in [-0.39, 0.29) is 10.4 Å². The Labute approximate surface area is 317 Å². The third kappa shape index (κ3) is 12.3. The summed E-state index contributed by atoms with van der Waals surface area (Å²) in [4.78, 5) is 43.0. The molecule has 6 N–H and O–H groups in total. The van der Waals surface area contributed by atoms with Crippen molar-refractivity contribution in [1.82, 2.24) is 24.8 Å². The summed E-state index contributed by atoms with van der Waals surface area (Å²) < 4.78 is 40.3. The molecule has 0 unspecified atom stereocenters. The second-order valence-electron chi connectivity index (χ2n) is 12.7. The van der Waals surface area contributed by atoms with Gasteiger partial charge >= 0.3 is 12.1 Å². The number of halogens is 3. The molecule has 0 radical (unpaired) electrons. The number of hydrogen-bond acceptors (Lipinski definition) is 12. The summed E-state index contributed by atoms with van der Waals surface area (Å²) in [7, 11) is 0. The van der Waals surface area contributed by atoms with Gasteiger partial charge in [0, 0.05) is 61.4 Å². The van der Waals surface area contributed by atoms with Crippen molar-refractivity contribution in [3.05, 3.63) is 76.1 Å². The van der Waals surface area contributed by atoms with Gasteiger partial charge in [-0.1, -0.05) is 38.2 Å². The lowest BCUT2D eigenvalue weighted by Gasteiger charge is -2.36. The predicted octanol–water partition coefficient (Wildman–Crippen LogP) is 6.82. The molecule has 0 saturated carbocycles. The largest absolute Gasteiger partial charge is 0.477 e. The standard InChI is InChI=1S/C21H25F3N4O.C16H24N6O2S/c1-3-27-6-8-28(9-7-27)18-11-15(10-16(12-18)21(22,23)24)20(29)26-17-5-4-14(2)19(25)13-17;1-4-22(5-2)8-6-7-17-13-9-14(20-11(3)19-13)21-16-18-10-12(25-16)15(23)24/h4-5,10-13H,3,6-9,25H2,1-2H3,(H,26,29);9-10H,4-8H2,1-3H3,(H,23,24)(H2,17,18,19,20,21). The highest BCUT2D eigenvalue weighted by molar-refractivity contribution is 7.17. The first-order chi connectivity index (χ1) is 25.7. The Morgan fingerprint density at radius 2 is 1.69 bits per heavy atom. The zero-order valence-corrected chi connectivity index (χ0v) is 32.1. The molecule has 13 nitrogen and oxygen atoms in total. The number of thiazole rings is 1. The molecule has 0 aliphatic carbocycles. The maximum absolute atomic E-state index is 13.4. The number of aromatic carboxylic acids is 1. The number of carbonyl (C=O) groups is 2. The topological polar surface area (TPSA) is 165 Å². The van der Waals surface area contributed by atoms with Crippen LogP contribution >= 0.6 is 11.3 Å². The van der Waals surface area contributed by atoms with Crippen molar-refractivity contribution in [2.75, 3.05) is 85.5 Å². The Balaban J connectivity index is 0.000000244. The molecule has 2 aromatic carbocycles. The van der Waals surface area contributed by atoms with Crippen LogP contribution in [0, 0.1) is 13.8 Å². The van der Waals surface area contributed by atoms with E-state index < -0.39 is 23.6 Å². The first-order valence-electron chi connectivity index (χ1n) is 17.8. The maximum Gasteiger partial charge on any atom is 0.416 e. The fourth-order valence-electron chi connectivity index (χ4n) is 5.65. The Morgan fingerprint density at radius 3 is 2.30 bits per heavy atom. The number of anilines is 6. The lowest BCUT2D eigenvalue weighted by atomic mass is 10.1. The van der Waals surface area contributed by atoms with Gasteiger partial charge in [-0.05, 0) is 82.3 Å². The molecule has 5 rings (SSSR count). The van der Waals surface area contributed by atoms with E-state index in [9.17, 15) is 22.8 Å². The Hall–Kier alpha value is -5.00. The van der Waals surface area contributed by atoms with Crippen LogP contribution in [0.2, 0.25) is 0 Å². The summed E-state index contributed by atoms with van der Waals surface area (Å²) in [6, 6.07) is 10.3. The second kappa shape index (κ2) is 19.4. The average molecular weight is 771 g/mol. The molecule has 4 aromatic rings. The van der Waals surface area contributed by atoms with E-state index in [0.717, 1.165) is 87.1 Å². The SMILES string of the molecule is CCN(CC)CCCNc1cc(Nc2ncc(C(=O)O)s2)nc(C)n1.CCN1CCN(c2cc(C(=O)Nc3ccc(C)c(N)c3)cc(C(F)(F)F)c2)CC1. The number of nitrogen functional groups attached to an aromatic ring is 1. The van der Waals surface area contributed by atoms with E-state index in [4.69, 9.17) is 10.8 Å². The number of benzene rings is 2. The van der Waals surface area contributed by atoms with Gasteiger partial charge in [0.15, 0.2) is 5.13 Å². The summed E-state index contributed by atoms with van der Waals surface area (Å²) in [5.41, 5.74) is 7.19. The molecule has 1 fully saturated rings. The van der Waals surface area contributed by atoms with Gasteiger partial charge in [-0.3, -0.25) is 4.79 Å². The molecule has 1 amide bonds. The fraction of sp³-hybridized carbons (Fsp3) is 0.432. The molecule has 1 aliphatic rings. The van der Waals surface area contributed by atoms with Crippen LogP contribution in [0.1, 0.15) is 64.2 Å². The van der Waals surface area contributed by atoms with Gasteiger partial charge in [0.25, 0.3) is 5.91 Å². The fourth-order valence-corrected chi connectivity index (χ4v) is 6.32. The first-order valence-corrected chi connectivity index (χ1v) is 18.7. The summed E-state index contributed by atoms with van der Waals surface area (Å²) in [6.07, 6.45) is -2.18. The van der Waals surface area contributed by atoms with Crippen molar-refractivity contribution in [2.24, 2.45) is 0 Å². The number of carboxylic acid groups (broad SMARTS) is 1. The number of carboxylic acids is 1. The molecular formula is C37H49F3N10O3S. The number of hydrogen-bond donors (Lipinski definition) is 5. The van der Waals surface area contributed by atoms with Gasteiger partial charge in [-0.15, -0.1) is 0 Å². The number of nitrogens with zero attached hydrogens (tertiary/aromatic N) is 6. The van der Waals surface area contributed by atoms with Gasteiger partial charge in [0.2, 0.25) is 0 Å². The highest BCUT2D eigenvalue weighted by Gasteiger charge is 2.33. The van der Waals surface area contributed by atoms with Gasteiger partial charge < -0.3 is 41.5 Å². The molecule has 1 aliphatic heterocycles. The van der Waals surface area contributed by atoms with Crippen LogP contribution < -0.4 is 26.6 Å². The molecular weight excluding hydrogens is 722 g/mol. The van der Waals surface area contributed by atoms with Gasteiger partial charge in [-0.2, -0.15) is 13.2 Å². The molecule has 17 heteroatoms. The van der Waals surface area contributed by atoms with Gasteiger partial charge in [-0.25, -0.2) is 19.7 Å². The van der Waals surface area contributed by atoms with Crippen molar-refractivity contribution >= 4 is 57.0 Å². The third-order valence-corrected chi connectivity index (χ3v) is 9.77. The monoisotopic (exact) mass is 770 g/mol. The van der Waals surface area contributed by atoms with E-state index in [1.807, 2.05) is 18.7 Å². The third-order valence-electron chi connectivity index (χ3n) is 8.87. The summed E-state index contributed by atoms with van der Waals surface area (Å²) in [5.74, 6) is 0.369. The van der Waals surface area contributed by atoms with Crippen LogP contribution in [0.4, 0.5) is 47.0 Å². The number of aryl methyl sites for hydroxylation is 2. The number of nitrogens with two attached hydrogens (primary N) is 1. The number of aromatic nitrogens is 3. The van der Waals surface area contributed by atoms with Crippen LogP contribution in [0.25, 0.3) is 0 Å². The van der Waals surface area contributed by atoms with Crippen LogP contribution in [0.5, 0.6) is 0 Å². The molecule has 1 saturated heterocycles. The zero-order chi connectivity index (χ0) is 39.4. The molecule has 292 valence electrons. The Kier molecular flexibility index (Phi) is 15.0. The molecule has 0 spiro atoms. The maximum atomic E-state index is 13.4. The number of amides is 1. The number of likely N-dealkylation sites (N-methyl/N-ethyl adjacent to an activating group) is 1. The number of nitrogens with one attached hydrogen (secondary N) is 3. The summed E-state index contributed by atoms with van der Waals surface area (Å²) in [5, 5.41) is 18.4. The van der Waals surface area contributed by atoms with E-state index in [0.29, 0.717) is 46.9 Å². The van der Waals surface area contributed by atoms with Crippen LogP contribution in [0.15, 0.2) is 48.7 Å². The van der Waals surface area contributed by atoms with Gasteiger partial charge in [0.1, 0.15) is 22.3 Å². The summed E-state index contributed by atoms with van der Waals surface area (Å²) in [6.45, 7) is 17.7. The van der Waals surface area contributed by atoms with E-state index >= 15 is 0 Å². The van der Waals surface area contributed by atoms with Crippen molar-refractivity contribution in [1.29, 1.82) is 0 Å². The second-order valence-corrected chi connectivity index (χ2v) is 13.7. The van der Waals surface area contributed by atoms with Crippen LogP contribution in [0.3, 0.4) is 0 Å². The Morgan fingerprint density at radius 1 is 0.981 bits per heavy atom. The normalized spacial score (nSPS) is 13.3. The van der Waals surface area contributed by atoms with Crippen molar-refractivity contribution in [3.63, 3.8) is 0 Å². The first kappa shape index (κ1) is 41.8. The minimum absolute atomic E-state index is 0.0353. The minimum Gasteiger partial charge on any atom is -0.477 e. The highest BCUT2D eigenvalue weighted by Crippen LogP contribution is 2.34.